The van der Waals surface area contributed by atoms with Gasteiger partial charge in [-0.2, -0.15) is 0 Å². The monoisotopic (exact) mass is 199 g/mol. The molecule has 0 saturated carbocycles. The quantitative estimate of drug-likeness (QED) is 0.646. The zero-order chi connectivity index (χ0) is 7.68. The van der Waals surface area contributed by atoms with Crippen molar-refractivity contribution in [3.8, 4) is 5.88 Å². The number of benzene rings is 1. The van der Waals surface area contributed by atoms with Crippen LogP contribution in [0.1, 0.15) is 0 Å². The molecule has 1 aromatic carbocycles. The molecule has 0 atom stereocenters. The fraction of sp³-hybridized carbons (Fsp3) is 0. The number of hydrogen-bond donors (Lipinski definition) is 1. The first-order chi connectivity index (χ1) is 5.36. The van der Waals surface area contributed by atoms with Crippen molar-refractivity contribution < 1.29 is 5.11 Å². The van der Waals surface area contributed by atoms with Crippen molar-refractivity contribution >= 4 is 45.6 Å². The van der Waals surface area contributed by atoms with Crippen LogP contribution in [0.5, 0.6) is 5.88 Å². The number of rotatable bonds is 0. The van der Waals surface area contributed by atoms with Crippen molar-refractivity contribution in [1.82, 2.24) is 4.98 Å². The van der Waals surface area contributed by atoms with Crippen LogP contribution in [0.25, 0.3) is 10.9 Å². The molecule has 0 aliphatic heterocycles. The largest absolute Gasteiger partial charge is 0.493 e. The number of aromatic nitrogens is 1. The van der Waals surface area contributed by atoms with Crippen LogP contribution in [-0.4, -0.2) is 44.8 Å². The summed E-state index contributed by atoms with van der Waals surface area (Å²) in [5.74, 6) is 0.0729. The minimum atomic E-state index is 0. The molecule has 2 aromatic rings. The summed E-state index contributed by atoms with van der Waals surface area (Å²) >= 11 is 0. The summed E-state index contributed by atoms with van der Waals surface area (Å²) in [4.78, 5) is 3.93. The molecule has 0 bridgehead atoms. The van der Waals surface area contributed by atoms with Crippen molar-refractivity contribution in [2.45, 2.75) is 0 Å². The molecule has 0 fully saturated rings. The molecule has 4 heteroatoms. The van der Waals surface area contributed by atoms with Gasteiger partial charge in [-0.3, -0.25) is 0 Å². The highest BCUT2D eigenvalue weighted by Gasteiger charge is 1.92. The van der Waals surface area contributed by atoms with Gasteiger partial charge in [0.05, 0.1) is 5.52 Å². The maximum absolute atomic E-state index is 9.02. The van der Waals surface area contributed by atoms with E-state index in [9.17, 15) is 0 Å². The highest BCUT2D eigenvalue weighted by atomic mass is 27.0. The van der Waals surface area contributed by atoms with Crippen LogP contribution in [0.15, 0.2) is 36.4 Å². The molecule has 1 aromatic heterocycles. The second-order valence-electron chi connectivity index (χ2n) is 2.36. The van der Waals surface area contributed by atoms with Gasteiger partial charge in [0.2, 0.25) is 5.88 Å². The Morgan fingerprint density at radius 2 is 1.62 bits per heavy atom. The molecule has 6 radical (unpaired) electrons. The van der Waals surface area contributed by atoms with Crippen LogP contribution in [0.2, 0.25) is 0 Å². The molecule has 0 aliphatic carbocycles. The highest BCUT2D eigenvalue weighted by Crippen LogP contribution is 2.14. The maximum atomic E-state index is 9.02. The fourth-order valence-electron chi connectivity index (χ4n) is 1.06. The Morgan fingerprint density at radius 3 is 2.38 bits per heavy atom. The van der Waals surface area contributed by atoms with Gasteiger partial charge in [0.25, 0.3) is 0 Å². The standard InChI is InChI=1S/C9H7NO.2Al/c11-9-6-5-7-3-1-2-4-8(7)10-9;;/h1-6H,(H,10,11);;. The Balaban J connectivity index is 0.000000720. The number of pyridine rings is 1. The minimum Gasteiger partial charge on any atom is -0.493 e. The summed E-state index contributed by atoms with van der Waals surface area (Å²) in [6.45, 7) is 0. The molecule has 0 aliphatic rings. The lowest BCUT2D eigenvalue weighted by Gasteiger charge is -1.95. The van der Waals surface area contributed by atoms with E-state index in [0.29, 0.717) is 0 Å². The predicted octanol–water partition coefficient (Wildman–Crippen LogP) is 1.18. The van der Waals surface area contributed by atoms with Crippen LogP contribution in [0.3, 0.4) is 0 Å². The highest BCUT2D eigenvalue weighted by molar-refractivity contribution is 5.78. The normalized spacial score (nSPS) is 8.62. The average molecular weight is 199 g/mol. The molecule has 0 spiro atoms. The molecule has 0 amide bonds. The first-order valence-corrected chi connectivity index (χ1v) is 3.41. The number of para-hydroxylation sites is 1. The Labute approximate surface area is 97.9 Å². The van der Waals surface area contributed by atoms with Crippen molar-refractivity contribution in [2.75, 3.05) is 0 Å². The van der Waals surface area contributed by atoms with Crippen molar-refractivity contribution in [3.63, 3.8) is 0 Å². The van der Waals surface area contributed by atoms with Gasteiger partial charge in [-0.15, -0.1) is 0 Å². The Hall–Kier alpha value is -0.505. The second-order valence-corrected chi connectivity index (χ2v) is 2.36. The smallest absolute Gasteiger partial charge is 0.211 e. The van der Waals surface area contributed by atoms with E-state index < -0.39 is 0 Å². The third-order valence-corrected chi connectivity index (χ3v) is 1.58. The maximum Gasteiger partial charge on any atom is 0.211 e. The number of aromatic hydroxyl groups is 1. The lowest BCUT2D eigenvalue weighted by atomic mass is 10.2. The van der Waals surface area contributed by atoms with Gasteiger partial charge < -0.3 is 5.11 Å². The fourth-order valence-corrected chi connectivity index (χ4v) is 1.06. The molecule has 0 saturated heterocycles. The van der Waals surface area contributed by atoms with E-state index >= 15 is 0 Å². The summed E-state index contributed by atoms with van der Waals surface area (Å²) in [5.41, 5.74) is 0.826. The molecular weight excluding hydrogens is 192 g/mol. The first-order valence-electron chi connectivity index (χ1n) is 3.41. The van der Waals surface area contributed by atoms with Crippen LogP contribution in [0.4, 0.5) is 0 Å². The average Bonchev–Trinajstić information content (AvgIpc) is 2.04. The second kappa shape index (κ2) is 5.27. The van der Waals surface area contributed by atoms with Crippen LogP contribution in [-0.2, 0) is 0 Å². The summed E-state index contributed by atoms with van der Waals surface area (Å²) in [6.07, 6.45) is 0. The lowest BCUT2D eigenvalue weighted by molar-refractivity contribution is 0.456. The molecule has 2 rings (SSSR count). The van der Waals surface area contributed by atoms with E-state index in [1.807, 2.05) is 30.3 Å². The van der Waals surface area contributed by atoms with Crippen molar-refractivity contribution in [3.05, 3.63) is 36.4 Å². The first kappa shape index (κ1) is 12.5. The molecule has 0 unspecified atom stereocenters. The van der Waals surface area contributed by atoms with Gasteiger partial charge >= 0.3 is 0 Å². The zero-order valence-corrected chi connectivity index (χ0v) is 9.32. The van der Waals surface area contributed by atoms with E-state index in [1.54, 1.807) is 6.07 Å². The van der Waals surface area contributed by atoms with Gasteiger partial charge in [0.1, 0.15) is 0 Å². The molecule has 1 heterocycles. The van der Waals surface area contributed by atoms with Gasteiger partial charge in [-0.05, 0) is 12.1 Å². The van der Waals surface area contributed by atoms with E-state index in [1.165, 1.54) is 0 Å². The third-order valence-electron chi connectivity index (χ3n) is 1.58. The molecular formula is C9H7Al2NO. The van der Waals surface area contributed by atoms with E-state index in [2.05, 4.69) is 4.98 Å². The van der Waals surface area contributed by atoms with E-state index in [4.69, 9.17) is 5.11 Å². The topological polar surface area (TPSA) is 33.1 Å². The third kappa shape index (κ3) is 2.73. The lowest BCUT2D eigenvalue weighted by Crippen LogP contribution is -1.76. The van der Waals surface area contributed by atoms with E-state index in [-0.39, 0.29) is 40.6 Å². The Bertz CT molecular complexity index is 392. The van der Waals surface area contributed by atoms with Crippen LogP contribution < -0.4 is 0 Å². The SMILES string of the molecule is Oc1ccc2ccccc2n1.[Al].[Al]. The summed E-state index contributed by atoms with van der Waals surface area (Å²) < 4.78 is 0. The number of fused-ring (bicyclic) bond motifs is 1. The Morgan fingerprint density at radius 1 is 0.923 bits per heavy atom. The minimum absolute atomic E-state index is 0. The molecule has 60 valence electrons. The van der Waals surface area contributed by atoms with Crippen molar-refractivity contribution in [1.29, 1.82) is 0 Å². The summed E-state index contributed by atoms with van der Waals surface area (Å²) in [6, 6.07) is 11.1. The van der Waals surface area contributed by atoms with Crippen molar-refractivity contribution in [2.24, 2.45) is 0 Å². The van der Waals surface area contributed by atoms with Crippen LogP contribution in [0, 0.1) is 0 Å². The molecule has 1 N–H and O–H groups in total. The number of hydrogen-bond acceptors (Lipinski definition) is 2. The summed E-state index contributed by atoms with van der Waals surface area (Å²) in [5, 5.41) is 10.1. The van der Waals surface area contributed by atoms with Gasteiger partial charge in [0, 0.05) is 46.2 Å². The van der Waals surface area contributed by atoms with Gasteiger partial charge in [-0.25, -0.2) is 4.98 Å². The van der Waals surface area contributed by atoms with Gasteiger partial charge in [0.15, 0.2) is 0 Å². The van der Waals surface area contributed by atoms with Crippen LogP contribution >= 0.6 is 0 Å². The molecule has 13 heavy (non-hydrogen) atoms. The Kier molecular flexibility index (Phi) is 5.07. The number of nitrogens with zero attached hydrogens (tertiary/aromatic N) is 1. The molecule has 2 nitrogen and oxygen atoms in total. The predicted molar refractivity (Wildman–Crippen MR) is 54.9 cm³/mol. The van der Waals surface area contributed by atoms with Gasteiger partial charge in [-0.1, -0.05) is 18.2 Å². The van der Waals surface area contributed by atoms with E-state index in [0.717, 1.165) is 10.9 Å². The summed E-state index contributed by atoms with van der Waals surface area (Å²) in [7, 11) is 0. The zero-order valence-electron chi connectivity index (χ0n) is 7.01.